The number of fused-ring (bicyclic) bond motifs is 5. The van der Waals surface area contributed by atoms with Crippen LogP contribution in [0.4, 0.5) is 5.69 Å². The van der Waals surface area contributed by atoms with Crippen LogP contribution in [0.5, 0.6) is 5.75 Å². The average Bonchev–Trinajstić information content (AvgIpc) is 2.76. The Morgan fingerprint density at radius 3 is 2.97 bits per heavy atom. The van der Waals surface area contributed by atoms with Crippen molar-refractivity contribution in [1.82, 2.24) is 5.32 Å². The highest BCUT2D eigenvalue weighted by Crippen LogP contribution is 2.48. The fourth-order valence-electron chi connectivity index (χ4n) is 5.84. The van der Waals surface area contributed by atoms with E-state index in [-0.39, 0.29) is 11.9 Å². The normalized spacial score (nSPS) is 31.3. The fourth-order valence-corrected chi connectivity index (χ4v) is 5.84. The summed E-state index contributed by atoms with van der Waals surface area (Å²) in [6.07, 6.45) is 15.1. The number of carbonyl (C=O) groups excluding carboxylic acids is 1. The van der Waals surface area contributed by atoms with Crippen LogP contribution in [0.2, 0.25) is 0 Å². The van der Waals surface area contributed by atoms with Crippen molar-refractivity contribution in [1.29, 1.82) is 0 Å². The molecule has 1 aliphatic heterocycles. The van der Waals surface area contributed by atoms with Crippen molar-refractivity contribution in [3.8, 4) is 5.75 Å². The number of allylic oxidation sites excluding steroid dienone is 2. The number of aliphatic imine (C=N–C) groups is 1. The number of esters is 1. The molecule has 1 aromatic carbocycles. The van der Waals surface area contributed by atoms with Gasteiger partial charge in [-0.15, -0.1) is 0 Å². The third-order valence-corrected chi connectivity index (χ3v) is 7.17. The van der Waals surface area contributed by atoms with Crippen molar-refractivity contribution < 1.29 is 14.3 Å². The number of hydrogen-bond acceptors (Lipinski definition) is 5. The fraction of sp³-hybridized carbons (Fsp3) is 0.520. The van der Waals surface area contributed by atoms with Crippen LogP contribution in [-0.4, -0.2) is 32.1 Å². The Labute approximate surface area is 178 Å². The summed E-state index contributed by atoms with van der Waals surface area (Å²) in [5.41, 5.74) is 4.17. The highest BCUT2D eigenvalue weighted by molar-refractivity contribution is 5.98. The molecule has 4 aliphatic rings. The van der Waals surface area contributed by atoms with Crippen LogP contribution >= 0.6 is 0 Å². The molecule has 0 aromatic heterocycles. The first-order chi connectivity index (χ1) is 14.5. The topological polar surface area (TPSA) is 59.9 Å². The second-order valence-corrected chi connectivity index (χ2v) is 9.29. The molecule has 5 rings (SSSR count). The van der Waals surface area contributed by atoms with Gasteiger partial charge in [-0.1, -0.05) is 30.7 Å². The predicted octanol–water partition coefficient (Wildman–Crippen LogP) is 4.83. The predicted molar refractivity (Wildman–Crippen MR) is 118 cm³/mol. The van der Waals surface area contributed by atoms with E-state index >= 15 is 0 Å². The molecule has 5 heteroatoms. The molecule has 0 spiro atoms. The number of methoxy groups -OCH3 is 1. The van der Waals surface area contributed by atoms with Gasteiger partial charge in [-0.05, 0) is 69.0 Å². The third-order valence-electron chi connectivity index (χ3n) is 7.17. The molecular weight excluding hydrogens is 376 g/mol. The minimum absolute atomic E-state index is 0.178. The highest BCUT2D eigenvalue weighted by Gasteiger charge is 2.45. The van der Waals surface area contributed by atoms with Gasteiger partial charge in [-0.2, -0.15) is 0 Å². The van der Waals surface area contributed by atoms with Gasteiger partial charge in [-0.25, -0.2) is 4.79 Å². The van der Waals surface area contributed by atoms with E-state index in [1.165, 1.54) is 31.9 Å². The lowest BCUT2D eigenvalue weighted by molar-refractivity contribution is 0.0446. The minimum atomic E-state index is -0.757. The van der Waals surface area contributed by atoms with Crippen LogP contribution in [-0.2, 0) is 11.2 Å². The Kier molecular flexibility index (Phi) is 4.81. The first kappa shape index (κ1) is 19.6. The number of hydrogen-bond donors (Lipinski definition) is 1. The van der Waals surface area contributed by atoms with Crippen molar-refractivity contribution in [2.45, 2.75) is 51.2 Å². The SMILES string of the molecule is CNC1(C2C=C3CC(C)CC(C3)C2)C=Nc2c3c(cc(C(=O)OC)c2O1)CCC=C3. The monoisotopic (exact) mass is 406 g/mol. The molecule has 3 aliphatic carbocycles. The summed E-state index contributed by atoms with van der Waals surface area (Å²) in [5, 5.41) is 3.41. The molecule has 5 nitrogen and oxygen atoms in total. The van der Waals surface area contributed by atoms with Crippen LogP contribution in [0.25, 0.3) is 6.08 Å². The number of ether oxygens (including phenoxy) is 2. The summed E-state index contributed by atoms with van der Waals surface area (Å²) in [6.45, 7) is 2.35. The summed E-state index contributed by atoms with van der Waals surface area (Å²) >= 11 is 0. The van der Waals surface area contributed by atoms with E-state index in [4.69, 9.17) is 14.5 Å². The lowest BCUT2D eigenvalue weighted by Crippen LogP contribution is -2.57. The molecule has 1 saturated carbocycles. The number of aryl methyl sites for hydroxylation is 1. The number of benzene rings is 1. The van der Waals surface area contributed by atoms with Gasteiger partial charge in [0.15, 0.2) is 5.75 Å². The summed E-state index contributed by atoms with van der Waals surface area (Å²) < 4.78 is 11.8. The zero-order valence-corrected chi connectivity index (χ0v) is 18.0. The molecule has 4 unspecified atom stereocenters. The zero-order chi connectivity index (χ0) is 20.9. The van der Waals surface area contributed by atoms with E-state index in [0.717, 1.165) is 42.0 Å². The molecule has 1 heterocycles. The van der Waals surface area contributed by atoms with Gasteiger partial charge in [0, 0.05) is 11.5 Å². The highest BCUT2D eigenvalue weighted by atomic mass is 16.5. The first-order valence-electron chi connectivity index (χ1n) is 11.1. The zero-order valence-electron chi connectivity index (χ0n) is 18.0. The number of rotatable bonds is 3. The minimum Gasteiger partial charge on any atom is -0.465 e. The van der Waals surface area contributed by atoms with Crippen LogP contribution in [0.3, 0.4) is 0 Å². The maximum absolute atomic E-state index is 12.6. The lowest BCUT2D eigenvalue weighted by atomic mass is 9.68. The van der Waals surface area contributed by atoms with Gasteiger partial charge in [0.05, 0.1) is 13.3 Å². The summed E-state index contributed by atoms with van der Waals surface area (Å²) in [4.78, 5) is 17.5. The van der Waals surface area contributed by atoms with Crippen LogP contribution in [0.15, 0.2) is 28.8 Å². The Balaban J connectivity index is 1.60. The number of nitrogens with zero attached hydrogens (tertiary/aromatic N) is 1. The maximum Gasteiger partial charge on any atom is 0.341 e. The first-order valence-corrected chi connectivity index (χ1v) is 11.1. The molecular formula is C25H30N2O3. The van der Waals surface area contributed by atoms with Crippen molar-refractivity contribution in [3.05, 3.63) is 40.5 Å². The number of carbonyl (C=O) groups is 1. The lowest BCUT2D eigenvalue weighted by Gasteiger charge is -2.45. The van der Waals surface area contributed by atoms with Crippen molar-refractivity contribution in [2.75, 3.05) is 14.2 Å². The van der Waals surface area contributed by atoms with Crippen molar-refractivity contribution >= 4 is 23.9 Å². The maximum atomic E-state index is 12.6. The Morgan fingerprint density at radius 2 is 2.20 bits per heavy atom. The van der Waals surface area contributed by atoms with Crippen molar-refractivity contribution in [2.24, 2.45) is 22.7 Å². The molecule has 2 bridgehead atoms. The summed E-state index contributed by atoms with van der Waals surface area (Å²) in [6, 6.07) is 1.93. The largest absolute Gasteiger partial charge is 0.465 e. The van der Waals surface area contributed by atoms with Crippen LogP contribution in [0, 0.1) is 17.8 Å². The van der Waals surface area contributed by atoms with E-state index in [2.05, 4.69) is 30.5 Å². The second kappa shape index (κ2) is 7.38. The number of nitrogens with one attached hydrogen (secondary N) is 1. The Hall–Kier alpha value is -2.40. The standard InChI is InChI=1S/C25H30N2O3/c1-15-8-16-10-17(9-15)12-19(11-16)25(26-2)14-27-22-20-7-5-4-6-18(20)13-21(23(22)30-25)24(28)29-3/h5,7,11,13-15,17,19,26H,4,6,8-10,12H2,1-3H3. The van der Waals surface area contributed by atoms with E-state index < -0.39 is 5.72 Å². The molecule has 1 fully saturated rings. The Bertz CT molecular complexity index is 977. The van der Waals surface area contributed by atoms with Gasteiger partial charge in [-0.3, -0.25) is 10.3 Å². The molecule has 0 saturated heterocycles. The van der Waals surface area contributed by atoms with Crippen LogP contribution < -0.4 is 10.1 Å². The van der Waals surface area contributed by atoms with E-state index in [1.54, 1.807) is 0 Å². The summed E-state index contributed by atoms with van der Waals surface area (Å²) in [7, 11) is 3.33. The van der Waals surface area contributed by atoms with Crippen LogP contribution in [0.1, 0.15) is 60.5 Å². The van der Waals surface area contributed by atoms with Gasteiger partial charge in [0.25, 0.3) is 0 Å². The molecule has 0 amide bonds. The van der Waals surface area contributed by atoms with E-state index in [9.17, 15) is 4.79 Å². The second-order valence-electron chi connectivity index (χ2n) is 9.29. The summed E-state index contributed by atoms with van der Waals surface area (Å²) in [5.74, 6) is 1.78. The van der Waals surface area contributed by atoms with Crippen molar-refractivity contribution in [3.63, 3.8) is 0 Å². The quantitative estimate of drug-likeness (QED) is 0.577. The van der Waals surface area contributed by atoms with Gasteiger partial charge < -0.3 is 9.47 Å². The molecule has 1 N–H and O–H groups in total. The Morgan fingerprint density at radius 1 is 1.33 bits per heavy atom. The molecule has 1 aromatic rings. The van der Waals surface area contributed by atoms with Gasteiger partial charge in [0.1, 0.15) is 11.3 Å². The molecule has 4 atom stereocenters. The van der Waals surface area contributed by atoms with E-state index in [1.807, 2.05) is 19.3 Å². The smallest absolute Gasteiger partial charge is 0.341 e. The average molecular weight is 407 g/mol. The molecule has 30 heavy (non-hydrogen) atoms. The molecule has 158 valence electrons. The van der Waals surface area contributed by atoms with E-state index in [0.29, 0.717) is 17.2 Å². The van der Waals surface area contributed by atoms with Gasteiger partial charge in [0.2, 0.25) is 5.72 Å². The third kappa shape index (κ3) is 3.11. The van der Waals surface area contributed by atoms with Gasteiger partial charge >= 0.3 is 5.97 Å². The molecule has 0 radical (unpaired) electrons.